The average molecular weight is 340 g/mol. The average Bonchev–Trinajstić information content (AvgIpc) is 2.52. The lowest BCUT2D eigenvalue weighted by Crippen LogP contribution is -2.19. The van der Waals surface area contributed by atoms with Crippen molar-refractivity contribution in [2.45, 2.75) is 60.8 Å². The molecule has 1 aliphatic carbocycles. The van der Waals surface area contributed by atoms with Gasteiger partial charge in [0.25, 0.3) is 0 Å². The van der Waals surface area contributed by atoms with Gasteiger partial charge >= 0.3 is 0 Å². The lowest BCUT2D eigenvalue weighted by molar-refractivity contribution is 0.377. The molecule has 138 valence electrons. The summed E-state index contributed by atoms with van der Waals surface area (Å²) in [6, 6.07) is 0. The van der Waals surface area contributed by atoms with Crippen molar-refractivity contribution in [2.24, 2.45) is 5.41 Å². The minimum atomic E-state index is 0.311. The van der Waals surface area contributed by atoms with E-state index in [-0.39, 0.29) is 0 Å². The summed E-state index contributed by atoms with van der Waals surface area (Å²) in [5.74, 6) is 0. The van der Waals surface area contributed by atoms with Gasteiger partial charge in [0.2, 0.25) is 0 Å². The van der Waals surface area contributed by atoms with E-state index in [0.717, 1.165) is 6.54 Å². The third-order valence-electron chi connectivity index (χ3n) is 4.86. The summed E-state index contributed by atoms with van der Waals surface area (Å²) in [4.78, 5) is 0. The SMILES string of the molecule is CNCC(C)=CC=C(C)C=CC=C(C)C=CC1=C(C)CCCC1(C)C. The summed E-state index contributed by atoms with van der Waals surface area (Å²) in [7, 11) is 1.97. The fraction of sp³-hybridized carbons (Fsp3) is 0.500. The molecule has 0 amide bonds. The van der Waals surface area contributed by atoms with Gasteiger partial charge in [0.15, 0.2) is 0 Å². The summed E-state index contributed by atoms with van der Waals surface area (Å²) >= 11 is 0. The Morgan fingerprint density at radius 2 is 1.72 bits per heavy atom. The van der Waals surface area contributed by atoms with E-state index in [9.17, 15) is 0 Å². The minimum absolute atomic E-state index is 0.311. The summed E-state index contributed by atoms with van der Waals surface area (Å²) in [6.07, 6.45) is 19.3. The maximum atomic E-state index is 3.16. The van der Waals surface area contributed by atoms with Gasteiger partial charge < -0.3 is 5.32 Å². The van der Waals surface area contributed by atoms with E-state index in [1.807, 2.05) is 7.05 Å². The van der Waals surface area contributed by atoms with Crippen LogP contribution >= 0.6 is 0 Å². The lowest BCUT2D eigenvalue weighted by Gasteiger charge is -2.32. The molecule has 1 rings (SSSR count). The van der Waals surface area contributed by atoms with Crippen molar-refractivity contribution in [3.05, 3.63) is 70.4 Å². The fourth-order valence-corrected chi connectivity index (χ4v) is 3.30. The molecule has 0 unspecified atom stereocenters. The molecule has 1 aliphatic rings. The summed E-state index contributed by atoms with van der Waals surface area (Å²) < 4.78 is 0. The molecule has 1 heteroatoms. The zero-order valence-corrected chi connectivity index (χ0v) is 17.4. The van der Waals surface area contributed by atoms with E-state index < -0.39 is 0 Å². The van der Waals surface area contributed by atoms with Gasteiger partial charge in [-0.3, -0.25) is 0 Å². The number of rotatable bonds is 7. The number of hydrogen-bond donors (Lipinski definition) is 1. The Labute approximate surface area is 156 Å². The molecule has 0 heterocycles. The van der Waals surface area contributed by atoms with Crippen LogP contribution in [0.15, 0.2) is 70.4 Å². The normalized spacial score (nSPS) is 20.2. The molecule has 0 fully saturated rings. The van der Waals surface area contributed by atoms with Crippen molar-refractivity contribution in [2.75, 3.05) is 13.6 Å². The third kappa shape index (κ3) is 7.88. The molecular formula is C24H37N. The van der Waals surface area contributed by atoms with Crippen molar-refractivity contribution in [3.63, 3.8) is 0 Å². The van der Waals surface area contributed by atoms with Gasteiger partial charge in [0, 0.05) is 6.54 Å². The van der Waals surface area contributed by atoms with E-state index in [4.69, 9.17) is 0 Å². The van der Waals surface area contributed by atoms with Crippen LogP contribution in [-0.2, 0) is 0 Å². The Kier molecular flexibility index (Phi) is 8.92. The molecule has 0 saturated carbocycles. The molecule has 0 atom stereocenters. The summed E-state index contributed by atoms with van der Waals surface area (Å²) in [5, 5.41) is 3.16. The standard InChI is InChI=1S/C24H37N/c1-19(13-14-21(3)18-25-7)10-8-11-20(2)15-16-23-22(4)12-9-17-24(23,5)6/h8,10-11,13-16,25H,9,12,17-18H2,1-7H3. The van der Waals surface area contributed by atoms with Gasteiger partial charge in [-0.2, -0.15) is 0 Å². The van der Waals surface area contributed by atoms with Crippen LogP contribution < -0.4 is 5.32 Å². The Bertz CT molecular complexity index is 618. The highest BCUT2D eigenvalue weighted by Gasteiger charge is 2.26. The molecular weight excluding hydrogens is 302 g/mol. The van der Waals surface area contributed by atoms with Crippen molar-refractivity contribution in [1.29, 1.82) is 0 Å². The quantitative estimate of drug-likeness (QED) is 0.510. The van der Waals surface area contributed by atoms with Gasteiger partial charge in [-0.15, -0.1) is 0 Å². The molecule has 0 aromatic rings. The van der Waals surface area contributed by atoms with Gasteiger partial charge in [-0.25, -0.2) is 0 Å². The number of allylic oxidation sites excluding steroid dienone is 11. The Morgan fingerprint density at radius 3 is 2.36 bits per heavy atom. The van der Waals surface area contributed by atoms with Crippen LogP contribution in [0.3, 0.4) is 0 Å². The molecule has 25 heavy (non-hydrogen) atoms. The largest absolute Gasteiger partial charge is 0.316 e. The third-order valence-corrected chi connectivity index (χ3v) is 4.86. The Balaban J connectivity index is 2.72. The summed E-state index contributed by atoms with van der Waals surface area (Å²) in [5.41, 5.74) is 7.27. The highest BCUT2D eigenvalue weighted by molar-refractivity contribution is 5.37. The molecule has 0 saturated heterocycles. The maximum Gasteiger partial charge on any atom is 0.0161 e. The Hall–Kier alpha value is -1.60. The highest BCUT2D eigenvalue weighted by atomic mass is 14.8. The van der Waals surface area contributed by atoms with Crippen LogP contribution in [0.2, 0.25) is 0 Å². The molecule has 1 nitrogen and oxygen atoms in total. The van der Waals surface area contributed by atoms with Gasteiger partial charge in [0.05, 0.1) is 0 Å². The molecule has 0 spiro atoms. The first kappa shape index (κ1) is 21.4. The van der Waals surface area contributed by atoms with Crippen molar-refractivity contribution in [1.82, 2.24) is 5.32 Å². The predicted octanol–water partition coefficient (Wildman–Crippen LogP) is 6.68. The second kappa shape index (κ2) is 10.4. The van der Waals surface area contributed by atoms with E-state index in [2.05, 4.69) is 89.4 Å². The van der Waals surface area contributed by atoms with Gasteiger partial charge in [0.1, 0.15) is 0 Å². The summed E-state index contributed by atoms with van der Waals surface area (Å²) in [6.45, 7) is 14.4. The zero-order chi connectivity index (χ0) is 18.9. The second-order valence-corrected chi connectivity index (χ2v) is 7.99. The highest BCUT2D eigenvalue weighted by Crippen LogP contribution is 2.40. The van der Waals surface area contributed by atoms with Gasteiger partial charge in [-0.05, 0) is 65.0 Å². The number of likely N-dealkylation sites (N-methyl/N-ethyl adjacent to an activating group) is 1. The van der Waals surface area contributed by atoms with Crippen LogP contribution in [0.1, 0.15) is 60.8 Å². The molecule has 0 aromatic heterocycles. The van der Waals surface area contributed by atoms with Crippen LogP contribution in [-0.4, -0.2) is 13.6 Å². The molecule has 0 aromatic carbocycles. The first-order valence-corrected chi connectivity index (χ1v) is 9.48. The first-order valence-electron chi connectivity index (χ1n) is 9.48. The monoisotopic (exact) mass is 339 g/mol. The van der Waals surface area contributed by atoms with Gasteiger partial charge in [-0.1, -0.05) is 78.7 Å². The maximum absolute atomic E-state index is 3.16. The number of nitrogens with one attached hydrogen (secondary N) is 1. The first-order chi connectivity index (χ1) is 11.8. The van der Waals surface area contributed by atoms with E-state index in [1.54, 1.807) is 5.57 Å². The zero-order valence-electron chi connectivity index (χ0n) is 17.4. The van der Waals surface area contributed by atoms with Crippen LogP contribution in [0, 0.1) is 5.41 Å². The number of hydrogen-bond acceptors (Lipinski definition) is 1. The fourth-order valence-electron chi connectivity index (χ4n) is 3.30. The van der Waals surface area contributed by atoms with Crippen molar-refractivity contribution in [3.8, 4) is 0 Å². The van der Waals surface area contributed by atoms with E-state index in [1.165, 1.54) is 41.6 Å². The lowest BCUT2D eigenvalue weighted by atomic mass is 9.72. The smallest absolute Gasteiger partial charge is 0.0161 e. The van der Waals surface area contributed by atoms with E-state index >= 15 is 0 Å². The van der Waals surface area contributed by atoms with Crippen molar-refractivity contribution < 1.29 is 0 Å². The second-order valence-electron chi connectivity index (χ2n) is 7.99. The van der Waals surface area contributed by atoms with Crippen LogP contribution in [0.5, 0.6) is 0 Å². The molecule has 1 N–H and O–H groups in total. The molecule has 0 aliphatic heterocycles. The van der Waals surface area contributed by atoms with Crippen molar-refractivity contribution >= 4 is 0 Å². The molecule has 0 radical (unpaired) electrons. The van der Waals surface area contributed by atoms with Crippen LogP contribution in [0.25, 0.3) is 0 Å². The predicted molar refractivity (Wildman–Crippen MR) is 114 cm³/mol. The topological polar surface area (TPSA) is 12.0 Å². The van der Waals surface area contributed by atoms with Crippen LogP contribution in [0.4, 0.5) is 0 Å². The molecule has 0 bridgehead atoms. The minimum Gasteiger partial charge on any atom is -0.316 e. The van der Waals surface area contributed by atoms with E-state index in [0.29, 0.717) is 5.41 Å². The Morgan fingerprint density at radius 1 is 1.04 bits per heavy atom.